The van der Waals surface area contributed by atoms with Crippen LogP contribution in [-0.2, 0) is 4.74 Å². The van der Waals surface area contributed by atoms with E-state index in [1.807, 2.05) is 24.3 Å². The van der Waals surface area contributed by atoms with E-state index >= 15 is 0 Å². The number of rotatable bonds is 3. The zero-order valence-electron chi connectivity index (χ0n) is 13.1. The van der Waals surface area contributed by atoms with Crippen molar-refractivity contribution in [1.29, 1.82) is 0 Å². The fraction of sp³-hybridized carbons (Fsp3) is 0.118. The Morgan fingerprint density at radius 1 is 1.28 bits per heavy atom. The van der Waals surface area contributed by atoms with E-state index in [2.05, 4.69) is 25.9 Å². The standard InChI is InChI=1S/C17H11BrCl2N2O2S/c1-8-12-14(20)21-15(22-16(12)25-13(8)17(23)24-2)11(19)7-9-3-5-10(18)6-4-9/h3-7H,1-2H3/b11-7-. The molecule has 0 aliphatic heterocycles. The Bertz CT molecular complexity index is 1000. The van der Waals surface area contributed by atoms with Crippen molar-refractivity contribution in [3.8, 4) is 0 Å². The highest BCUT2D eigenvalue weighted by Crippen LogP contribution is 2.35. The first-order valence-corrected chi connectivity index (χ1v) is 9.45. The van der Waals surface area contributed by atoms with E-state index in [1.165, 1.54) is 18.4 Å². The monoisotopic (exact) mass is 456 g/mol. The fourth-order valence-corrected chi connectivity index (χ4v) is 4.20. The summed E-state index contributed by atoms with van der Waals surface area (Å²) >= 11 is 17.3. The van der Waals surface area contributed by atoms with Crippen molar-refractivity contribution < 1.29 is 9.53 Å². The number of hydrogen-bond acceptors (Lipinski definition) is 5. The van der Waals surface area contributed by atoms with Gasteiger partial charge in [-0.15, -0.1) is 11.3 Å². The first kappa shape index (κ1) is 18.3. The number of thiophene rings is 1. The summed E-state index contributed by atoms with van der Waals surface area (Å²) in [5.74, 6) is -0.116. The second-order valence-electron chi connectivity index (χ2n) is 5.11. The van der Waals surface area contributed by atoms with Crippen LogP contribution < -0.4 is 0 Å². The number of benzene rings is 1. The largest absolute Gasteiger partial charge is 0.465 e. The molecule has 0 aliphatic carbocycles. The van der Waals surface area contributed by atoms with Gasteiger partial charge in [0.25, 0.3) is 0 Å². The molecule has 3 rings (SSSR count). The lowest BCUT2D eigenvalue weighted by atomic mass is 10.2. The predicted molar refractivity (Wildman–Crippen MR) is 106 cm³/mol. The number of carbonyl (C=O) groups is 1. The molecule has 4 nitrogen and oxygen atoms in total. The molecule has 1 aromatic carbocycles. The molecule has 0 radical (unpaired) electrons. The van der Waals surface area contributed by atoms with Crippen molar-refractivity contribution in [2.45, 2.75) is 6.92 Å². The maximum Gasteiger partial charge on any atom is 0.348 e. The molecule has 25 heavy (non-hydrogen) atoms. The van der Waals surface area contributed by atoms with E-state index < -0.39 is 5.97 Å². The Balaban J connectivity index is 2.08. The lowest BCUT2D eigenvalue weighted by molar-refractivity contribution is 0.0605. The highest BCUT2D eigenvalue weighted by molar-refractivity contribution is 9.10. The van der Waals surface area contributed by atoms with E-state index in [1.54, 1.807) is 13.0 Å². The summed E-state index contributed by atoms with van der Waals surface area (Å²) in [5.41, 5.74) is 1.61. The number of esters is 1. The third kappa shape index (κ3) is 3.72. The molecule has 3 aromatic rings. The third-order valence-corrected chi connectivity index (χ3v) is 5.74. The van der Waals surface area contributed by atoms with Crippen molar-refractivity contribution in [2.24, 2.45) is 0 Å². The van der Waals surface area contributed by atoms with Crippen molar-refractivity contribution in [3.05, 3.63) is 55.7 Å². The van der Waals surface area contributed by atoms with Gasteiger partial charge in [-0.3, -0.25) is 0 Å². The van der Waals surface area contributed by atoms with Crippen LogP contribution in [0.3, 0.4) is 0 Å². The molecular weight excluding hydrogens is 447 g/mol. The SMILES string of the molecule is COC(=O)c1sc2nc(/C(Cl)=C/c3ccc(Br)cc3)nc(Cl)c2c1C. The van der Waals surface area contributed by atoms with Gasteiger partial charge in [-0.2, -0.15) is 0 Å². The van der Waals surface area contributed by atoms with Gasteiger partial charge < -0.3 is 4.74 Å². The molecule has 0 N–H and O–H groups in total. The zero-order chi connectivity index (χ0) is 18.1. The minimum atomic E-state index is -0.422. The van der Waals surface area contributed by atoms with Crippen LogP contribution in [-0.4, -0.2) is 23.0 Å². The van der Waals surface area contributed by atoms with Gasteiger partial charge in [0.05, 0.1) is 17.5 Å². The molecule has 0 bridgehead atoms. The average Bonchev–Trinajstić information content (AvgIpc) is 2.93. The number of halogens is 3. The van der Waals surface area contributed by atoms with Crippen LogP contribution in [0.4, 0.5) is 0 Å². The molecule has 128 valence electrons. The van der Waals surface area contributed by atoms with Gasteiger partial charge in [-0.25, -0.2) is 14.8 Å². The number of carbonyl (C=O) groups excluding carboxylic acids is 1. The van der Waals surface area contributed by atoms with E-state index in [9.17, 15) is 4.79 Å². The van der Waals surface area contributed by atoms with Crippen LogP contribution in [0, 0.1) is 6.92 Å². The van der Waals surface area contributed by atoms with Gasteiger partial charge in [-0.05, 0) is 36.3 Å². The molecule has 2 heterocycles. The Kier molecular flexibility index (Phi) is 5.43. The normalized spacial score (nSPS) is 11.8. The van der Waals surface area contributed by atoms with Gasteiger partial charge in [0, 0.05) is 4.47 Å². The smallest absolute Gasteiger partial charge is 0.348 e. The molecule has 0 aliphatic rings. The van der Waals surface area contributed by atoms with Crippen molar-refractivity contribution in [3.63, 3.8) is 0 Å². The summed E-state index contributed by atoms with van der Waals surface area (Å²) in [6.45, 7) is 1.79. The number of nitrogens with zero attached hydrogens (tertiary/aromatic N) is 2. The molecular formula is C17H11BrCl2N2O2S. The van der Waals surface area contributed by atoms with Crippen molar-refractivity contribution >= 4 is 77.8 Å². The van der Waals surface area contributed by atoms with Crippen LogP contribution in [0.5, 0.6) is 0 Å². The molecule has 0 atom stereocenters. The first-order valence-electron chi connectivity index (χ1n) is 7.08. The van der Waals surface area contributed by atoms with Crippen molar-refractivity contribution in [2.75, 3.05) is 7.11 Å². The first-order chi connectivity index (χ1) is 11.9. The topological polar surface area (TPSA) is 52.1 Å². The number of fused-ring (bicyclic) bond motifs is 1. The summed E-state index contributed by atoms with van der Waals surface area (Å²) in [7, 11) is 1.34. The van der Waals surface area contributed by atoms with Crippen LogP contribution in [0.1, 0.15) is 26.6 Å². The van der Waals surface area contributed by atoms with Crippen molar-refractivity contribution in [1.82, 2.24) is 9.97 Å². The fourth-order valence-electron chi connectivity index (χ4n) is 2.25. The Hall–Kier alpha value is -1.47. The van der Waals surface area contributed by atoms with Gasteiger partial charge >= 0.3 is 5.97 Å². The van der Waals surface area contributed by atoms with E-state index in [0.29, 0.717) is 31.5 Å². The molecule has 0 fully saturated rings. The Morgan fingerprint density at radius 2 is 1.96 bits per heavy atom. The maximum absolute atomic E-state index is 11.9. The van der Waals surface area contributed by atoms with Crippen LogP contribution >= 0.6 is 50.5 Å². The van der Waals surface area contributed by atoms with Gasteiger partial charge in [0.2, 0.25) is 0 Å². The summed E-state index contributed by atoms with van der Waals surface area (Å²) in [6, 6.07) is 7.66. The molecule has 0 saturated heterocycles. The van der Waals surface area contributed by atoms with E-state index in [4.69, 9.17) is 27.9 Å². The van der Waals surface area contributed by atoms with Crippen LogP contribution in [0.15, 0.2) is 28.7 Å². The minimum Gasteiger partial charge on any atom is -0.465 e. The summed E-state index contributed by atoms with van der Waals surface area (Å²) < 4.78 is 5.77. The molecule has 0 amide bonds. The number of aryl methyl sites for hydroxylation is 1. The summed E-state index contributed by atoms with van der Waals surface area (Å²) in [6.07, 6.45) is 1.76. The highest BCUT2D eigenvalue weighted by Gasteiger charge is 2.20. The van der Waals surface area contributed by atoms with Crippen LogP contribution in [0.2, 0.25) is 5.15 Å². The van der Waals surface area contributed by atoms with Crippen LogP contribution in [0.25, 0.3) is 21.3 Å². The van der Waals surface area contributed by atoms with Gasteiger partial charge in [-0.1, -0.05) is 51.3 Å². The molecule has 0 spiro atoms. The minimum absolute atomic E-state index is 0.256. The average molecular weight is 458 g/mol. The highest BCUT2D eigenvalue weighted by atomic mass is 79.9. The summed E-state index contributed by atoms with van der Waals surface area (Å²) in [4.78, 5) is 21.6. The predicted octanol–water partition coefficient (Wildman–Crippen LogP) is 5.94. The second-order valence-corrected chi connectivity index (χ2v) is 7.79. The number of aromatic nitrogens is 2. The van der Waals surface area contributed by atoms with E-state index in [-0.39, 0.29) is 5.15 Å². The molecule has 0 unspecified atom stereocenters. The molecule has 2 aromatic heterocycles. The molecule has 0 saturated carbocycles. The number of ether oxygens (including phenoxy) is 1. The van der Waals surface area contributed by atoms with E-state index in [0.717, 1.165) is 10.0 Å². The molecule has 8 heteroatoms. The lowest BCUT2D eigenvalue weighted by Crippen LogP contribution is -1.99. The quantitative estimate of drug-likeness (QED) is 0.360. The van der Waals surface area contributed by atoms with Gasteiger partial charge in [0.1, 0.15) is 14.9 Å². The second kappa shape index (κ2) is 7.41. The number of hydrogen-bond donors (Lipinski definition) is 0. The zero-order valence-corrected chi connectivity index (χ0v) is 17.1. The lowest BCUT2D eigenvalue weighted by Gasteiger charge is -2.02. The third-order valence-electron chi connectivity index (χ3n) is 3.49. The Labute approximate surface area is 166 Å². The Morgan fingerprint density at radius 3 is 2.60 bits per heavy atom. The summed E-state index contributed by atoms with van der Waals surface area (Å²) in [5, 5.41) is 1.26. The number of methoxy groups -OCH3 is 1. The van der Waals surface area contributed by atoms with Gasteiger partial charge in [0.15, 0.2) is 5.82 Å². The maximum atomic E-state index is 11.9.